The zero-order valence-electron chi connectivity index (χ0n) is 35.8. The molecule has 0 aromatic heterocycles. The highest BCUT2D eigenvalue weighted by Crippen LogP contribution is 2.26. The van der Waals surface area contributed by atoms with Crippen LogP contribution < -0.4 is 5.73 Å². The predicted molar refractivity (Wildman–Crippen MR) is 232 cm³/mol. The van der Waals surface area contributed by atoms with E-state index in [1.807, 2.05) is 0 Å². The van der Waals surface area contributed by atoms with Crippen LogP contribution in [0.2, 0.25) is 0 Å². The minimum atomic E-state index is 0.302. The minimum Gasteiger partial charge on any atom is -0.381 e. The number of carbonyl (C=O) groups excluding carboxylic acids is 1. The van der Waals surface area contributed by atoms with Crippen LogP contribution in [0.3, 0.4) is 0 Å². The standard InChI is InChI=1S/C48H92N2O3/c1-3-5-7-9-11-13-15-17-19-21-23-25-27-29-31-36-40-52-44-46-42-50(48(51)38-34-33-35-39-49)43-47(46)45-53-41-37-32-30-28-26-24-22-20-18-16-14-12-10-8-6-4-2/h17-20,46-47H,3-16,21-45,49H2,1-2H3/b19-17-,20-18-/t46-,47-/m0/s1. The Labute approximate surface area is 331 Å². The monoisotopic (exact) mass is 745 g/mol. The quantitative estimate of drug-likeness (QED) is 0.0500. The number of rotatable bonds is 41. The van der Waals surface area contributed by atoms with E-state index in [1.165, 1.54) is 167 Å². The highest BCUT2D eigenvalue weighted by Gasteiger charge is 2.35. The van der Waals surface area contributed by atoms with Gasteiger partial charge < -0.3 is 20.1 Å². The average molecular weight is 745 g/mol. The molecular formula is C48H92N2O3. The summed E-state index contributed by atoms with van der Waals surface area (Å²) >= 11 is 0. The summed E-state index contributed by atoms with van der Waals surface area (Å²) in [6, 6.07) is 0. The Hall–Kier alpha value is -1.17. The molecule has 0 unspecified atom stereocenters. The Kier molecular flexibility index (Phi) is 38.1. The first kappa shape index (κ1) is 49.8. The number of hydrogen-bond donors (Lipinski definition) is 1. The van der Waals surface area contributed by atoms with Gasteiger partial charge in [0.15, 0.2) is 0 Å². The predicted octanol–water partition coefficient (Wildman–Crippen LogP) is 13.7. The van der Waals surface area contributed by atoms with E-state index in [1.54, 1.807) is 0 Å². The summed E-state index contributed by atoms with van der Waals surface area (Å²) in [5.41, 5.74) is 5.65. The summed E-state index contributed by atoms with van der Waals surface area (Å²) in [6.45, 7) is 10.1. The summed E-state index contributed by atoms with van der Waals surface area (Å²) in [5, 5.41) is 0. The Balaban J connectivity index is 2.13. The number of unbranched alkanes of at least 4 members (excludes halogenated alkanes) is 26. The van der Waals surface area contributed by atoms with Gasteiger partial charge in [-0.15, -0.1) is 0 Å². The number of allylic oxidation sites excluding steroid dienone is 4. The number of likely N-dealkylation sites (tertiary alicyclic amines) is 1. The lowest BCUT2D eigenvalue weighted by atomic mass is 9.98. The zero-order valence-corrected chi connectivity index (χ0v) is 35.8. The molecule has 2 N–H and O–H groups in total. The van der Waals surface area contributed by atoms with E-state index >= 15 is 0 Å². The van der Waals surface area contributed by atoms with E-state index < -0.39 is 0 Å². The highest BCUT2D eigenvalue weighted by molar-refractivity contribution is 5.76. The zero-order chi connectivity index (χ0) is 38.1. The van der Waals surface area contributed by atoms with Crippen molar-refractivity contribution in [1.29, 1.82) is 0 Å². The normalized spacial score (nSPS) is 16.2. The molecule has 312 valence electrons. The fourth-order valence-corrected chi connectivity index (χ4v) is 7.65. The molecule has 0 aromatic carbocycles. The van der Waals surface area contributed by atoms with Crippen molar-refractivity contribution in [3.05, 3.63) is 24.3 Å². The highest BCUT2D eigenvalue weighted by atomic mass is 16.5. The average Bonchev–Trinajstić information content (AvgIpc) is 3.58. The molecule has 1 rings (SSSR count). The lowest BCUT2D eigenvalue weighted by molar-refractivity contribution is -0.130. The van der Waals surface area contributed by atoms with Gasteiger partial charge in [0.1, 0.15) is 0 Å². The van der Waals surface area contributed by atoms with Gasteiger partial charge in [-0.05, 0) is 83.6 Å². The number of carbonyl (C=O) groups is 1. The van der Waals surface area contributed by atoms with Crippen molar-refractivity contribution in [2.45, 2.75) is 219 Å². The van der Waals surface area contributed by atoms with Crippen molar-refractivity contribution in [2.75, 3.05) is 46.1 Å². The van der Waals surface area contributed by atoms with Crippen LogP contribution in [-0.2, 0) is 14.3 Å². The van der Waals surface area contributed by atoms with Crippen LogP contribution >= 0.6 is 0 Å². The molecular weight excluding hydrogens is 653 g/mol. The van der Waals surface area contributed by atoms with Crippen molar-refractivity contribution in [2.24, 2.45) is 17.6 Å². The molecule has 53 heavy (non-hydrogen) atoms. The van der Waals surface area contributed by atoms with E-state index in [9.17, 15) is 4.79 Å². The van der Waals surface area contributed by atoms with Crippen molar-refractivity contribution in [3.63, 3.8) is 0 Å². The van der Waals surface area contributed by atoms with E-state index in [4.69, 9.17) is 15.2 Å². The van der Waals surface area contributed by atoms with Crippen LogP contribution in [0.15, 0.2) is 24.3 Å². The first-order valence-corrected chi connectivity index (χ1v) is 23.7. The Morgan fingerprint density at radius 3 is 1.21 bits per heavy atom. The van der Waals surface area contributed by atoms with Crippen LogP contribution in [0.4, 0.5) is 0 Å². The number of nitrogens with two attached hydrogens (primary N) is 1. The van der Waals surface area contributed by atoms with E-state index in [0.717, 1.165) is 71.6 Å². The molecule has 1 aliphatic heterocycles. The molecule has 1 aliphatic rings. The second-order valence-electron chi connectivity index (χ2n) is 16.4. The Bertz CT molecular complexity index is 761. The summed E-state index contributed by atoms with van der Waals surface area (Å²) in [4.78, 5) is 15.1. The third-order valence-corrected chi connectivity index (χ3v) is 11.3. The van der Waals surface area contributed by atoms with E-state index in [2.05, 4.69) is 43.1 Å². The van der Waals surface area contributed by atoms with Gasteiger partial charge in [-0.2, -0.15) is 0 Å². The van der Waals surface area contributed by atoms with Crippen LogP contribution in [0, 0.1) is 11.8 Å². The topological polar surface area (TPSA) is 64.8 Å². The second kappa shape index (κ2) is 40.5. The number of amides is 1. The molecule has 1 amide bonds. The molecule has 0 aliphatic carbocycles. The third-order valence-electron chi connectivity index (χ3n) is 11.3. The molecule has 2 atom stereocenters. The summed E-state index contributed by atoms with van der Waals surface area (Å²) < 4.78 is 12.5. The second-order valence-corrected chi connectivity index (χ2v) is 16.4. The van der Waals surface area contributed by atoms with Gasteiger partial charge in [0.25, 0.3) is 0 Å². The smallest absolute Gasteiger partial charge is 0.222 e. The molecule has 0 spiro atoms. The van der Waals surface area contributed by atoms with Crippen LogP contribution in [0.5, 0.6) is 0 Å². The van der Waals surface area contributed by atoms with Crippen molar-refractivity contribution < 1.29 is 14.3 Å². The lowest BCUT2D eigenvalue weighted by Gasteiger charge is -2.18. The molecule has 5 heteroatoms. The van der Waals surface area contributed by atoms with Crippen LogP contribution in [-0.4, -0.2) is 56.9 Å². The first-order chi connectivity index (χ1) is 26.2. The van der Waals surface area contributed by atoms with Crippen molar-refractivity contribution >= 4 is 5.91 Å². The molecule has 0 bridgehead atoms. The van der Waals surface area contributed by atoms with Gasteiger partial charge in [-0.1, -0.05) is 160 Å². The SMILES string of the molecule is CCCCCCCC/C=C\CCCCCCCCOC[C@@H]1CN(C(=O)CCCCCN)C[C@H]1COCCCCCCCC/C=C\CCCCCCCC. The largest absolute Gasteiger partial charge is 0.381 e. The van der Waals surface area contributed by atoms with Crippen LogP contribution in [0.1, 0.15) is 219 Å². The molecule has 5 nitrogen and oxygen atoms in total. The van der Waals surface area contributed by atoms with Gasteiger partial charge in [0.05, 0.1) is 13.2 Å². The van der Waals surface area contributed by atoms with E-state index in [0.29, 0.717) is 30.7 Å². The van der Waals surface area contributed by atoms with Crippen molar-refractivity contribution in [1.82, 2.24) is 4.90 Å². The third kappa shape index (κ3) is 32.8. The van der Waals surface area contributed by atoms with Gasteiger partial charge in [-0.3, -0.25) is 4.79 Å². The Morgan fingerprint density at radius 2 is 0.830 bits per heavy atom. The summed E-state index contributed by atoms with van der Waals surface area (Å²) in [5.74, 6) is 1.07. The van der Waals surface area contributed by atoms with Gasteiger partial charge in [0, 0.05) is 44.6 Å². The molecule has 0 radical (unpaired) electrons. The van der Waals surface area contributed by atoms with Crippen LogP contribution in [0.25, 0.3) is 0 Å². The number of ether oxygens (including phenoxy) is 2. The van der Waals surface area contributed by atoms with E-state index in [-0.39, 0.29) is 0 Å². The fraction of sp³-hybridized carbons (Fsp3) is 0.896. The summed E-state index contributed by atoms with van der Waals surface area (Å²) in [7, 11) is 0. The lowest BCUT2D eigenvalue weighted by Crippen LogP contribution is -2.29. The molecule has 1 heterocycles. The number of nitrogens with zero attached hydrogens (tertiary/aromatic N) is 1. The van der Waals surface area contributed by atoms with Gasteiger partial charge >= 0.3 is 0 Å². The maximum absolute atomic E-state index is 13.0. The first-order valence-electron chi connectivity index (χ1n) is 23.7. The maximum Gasteiger partial charge on any atom is 0.222 e. The van der Waals surface area contributed by atoms with Gasteiger partial charge in [-0.25, -0.2) is 0 Å². The number of hydrogen-bond acceptors (Lipinski definition) is 4. The maximum atomic E-state index is 13.0. The van der Waals surface area contributed by atoms with Gasteiger partial charge in [0.2, 0.25) is 5.91 Å². The molecule has 1 fully saturated rings. The fourth-order valence-electron chi connectivity index (χ4n) is 7.65. The molecule has 0 aromatic rings. The molecule has 0 saturated carbocycles. The molecule has 1 saturated heterocycles. The Morgan fingerprint density at radius 1 is 0.491 bits per heavy atom. The van der Waals surface area contributed by atoms with Crippen molar-refractivity contribution in [3.8, 4) is 0 Å². The summed E-state index contributed by atoms with van der Waals surface area (Å²) in [6.07, 6.45) is 50.4. The minimum absolute atomic E-state index is 0.302.